The van der Waals surface area contributed by atoms with E-state index in [2.05, 4.69) is 9.97 Å². The molecule has 0 bridgehead atoms. The number of para-hydroxylation sites is 1. The molecular formula is C33H36N4O7S. The fourth-order valence-electron chi connectivity index (χ4n) is 4.42. The lowest BCUT2D eigenvalue weighted by molar-refractivity contribution is -0.135. The number of nitrogens with zero attached hydrogens (tertiary/aromatic N) is 4. The molecule has 45 heavy (non-hydrogen) atoms. The molecule has 11 nitrogen and oxygen atoms in total. The van der Waals surface area contributed by atoms with Gasteiger partial charge in [0.25, 0.3) is 10.0 Å². The smallest absolute Gasteiger partial charge is 0.416 e. The third-order valence-corrected chi connectivity index (χ3v) is 8.08. The van der Waals surface area contributed by atoms with Crippen LogP contribution in [0.25, 0.3) is 11.1 Å². The van der Waals surface area contributed by atoms with Gasteiger partial charge in [-0.2, -0.15) is 4.31 Å². The van der Waals surface area contributed by atoms with Crippen LogP contribution in [0, 0.1) is 0 Å². The molecule has 0 atom stereocenters. The summed E-state index contributed by atoms with van der Waals surface area (Å²) in [4.78, 5) is 33.9. The number of aromatic nitrogens is 2. The lowest BCUT2D eigenvalue weighted by Crippen LogP contribution is -2.40. The van der Waals surface area contributed by atoms with E-state index in [4.69, 9.17) is 9.47 Å². The zero-order valence-electron chi connectivity index (χ0n) is 25.6. The van der Waals surface area contributed by atoms with Gasteiger partial charge in [-0.3, -0.25) is 9.69 Å². The molecule has 0 aliphatic rings. The van der Waals surface area contributed by atoms with Crippen LogP contribution >= 0.6 is 0 Å². The van der Waals surface area contributed by atoms with Crippen LogP contribution in [0.3, 0.4) is 0 Å². The summed E-state index contributed by atoms with van der Waals surface area (Å²) in [5, 5.41) is 9.32. The monoisotopic (exact) mass is 632 g/mol. The summed E-state index contributed by atoms with van der Waals surface area (Å²) in [5.41, 5.74) is 1.95. The van der Waals surface area contributed by atoms with Crippen molar-refractivity contribution in [2.24, 2.45) is 0 Å². The Morgan fingerprint density at radius 1 is 0.889 bits per heavy atom. The fraction of sp³-hybridized carbons (Fsp3) is 0.273. The standard InChI is InChI=1S/C33H36N4O7S/c1-5-43-28-13-7-6-12-27(28)25-18-16-24(17-19-25)21-36(45(41,42)30-15-8-9-20-34-30)22-26-11-10-14-29(35-26)37(23-31(38)39)32(40)44-33(2,3)4/h6-20H,5,21-23H2,1-4H3,(H,38,39). The van der Waals surface area contributed by atoms with Gasteiger partial charge in [-0.1, -0.05) is 54.6 Å². The third kappa shape index (κ3) is 8.87. The van der Waals surface area contributed by atoms with Gasteiger partial charge in [-0.25, -0.2) is 23.2 Å². The Bertz CT molecular complexity index is 1720. The highest BCUT2D eigenvalue weighted by atomic mass is 32.2. The predicted molar refractivity (Wildman–Crippen MR) is 169 cm³/mol. The normalized spacial score (nSPS) is 11.7. The van der Waals surface area contributed by atoms with Gasteiger partial charge in [0, 0.05) is 18.3 Å². The molecular weight excluding hydrogens is 596 g/mol. The molecule has 0 radical (unpaired) electrons. The van der Waals surface area contributed by atoms with E-state index in [1.807, 2.05) is 55.5 Å². The van der Waals surface area contributed by atoms with E-state index in [-0.39, 0.29) is 29.6 Å². The highest BCUT2D eigenvalue weighted by Gasteiger charge is 2.29. The van der Waals surface area contributed by atoms with Crippen molar-refractivity contribution in [3.8, 4) is 16.9 Å². The second kappa shape index (κ2) is 14.3. The highest BCUT2D eigenvalue weighted by Crippen LogP contribution is 2.30. The molecule has 1 N–H and O–H groups in total. The number of amides is 1. The van der Waals surface area contributed by atoms with E-state index in [1.165, 1.54) is 22.6 Å². The molecule has 236 valence electrons. The summed E-state index contributed by atoms with van der Waals surface area (Å²) in [7, 11) is -4.10. The number of hydrogen-bond donors (Lipinski definition) is 1. The van der Waals surface area contributed by atoms with Crippen LogP contribution < -0.4 is 9.64 Å². The maximum Gasteiger partial charge on any atom is 0.416 e. The molecule has 2 aromatic heterocycles. The van der Waals surface area contributed by atoms with Crippen LogP contribution in [0.1, 0.15) is 39.0 Å². The molecule has 12 heteroatoms. The molecule has 0 unspecified atom stereocenters. The Hall–Kier alpha value is -4.81. The average molecular weight is 633 g/mol. The SMILES string of the molecule is CCOc1ccccc1-c1ccc(CN(Cc2cccc(N(CC(=O)O)C(=O)OC(C)(C)C)n2)S(=O)(=O)c2ccccn2)cc1. The fourth-order valence-corrected chi connectivity index (χ4v) is 5.75. The lowest BCUT2D eigenvalue weighted by Gasteiger charge is -2.26. The molecule has 0 saturated heterocycles. The summed E-state index contributed by atoms with van der Waals surface area (Å²) in [6, 6.07) is 24.5. The molecule has 1 amide bonds. The van der Waals surface area contributed by atoms with E-state index in [0.29, 0.717) is 12.2 Å². The maximum absolute atomic E-state index is 13.8. The molecule has 0 spiro atoms. The predicted octanol–water partition coefficient (Wildman–Crippen LogP) is 5.76. The van der Waals surface area contributed by atoms with Crippen molar-refractivity contribution >= 4 is 27.9 Å². The Morgan fingerprint density at radius 3 is 2.24 bits per heavy atom. The number of rotatable bonds is 12. The van der Waals surface area contributed by atoms with Gasteiger partial charge in [-0.15, -0.1) is 0 Å². The zero-order valence-corrected chi connectivity index (χ0v) is 26.4. The number of pyridine rings is 2. The minimum absolute atomic E-state index is 0.0108. The van der Waals surface area contributed by atoms with Crippen molar-refractivity contribution in [1.82, 2.24) is 14.3 Å². The van der Waals surface area contributed by atoms with Gasteiger partial charge in [0.05, 0.1) is 18.8 Å². The lowest BCUT2D eigenvalue weighted by atomic mass is 10.0. The first kappa shape index (κ1) is 33.1. The van der Waals surface area contributed by atoms with Crippen LogP contribution in [0.4, 0.5) is 10.6 Å². The van der Waals surface area contributed by atoms with Crippen molar-refractivity contribution < 1.29 is 32.6 Å². The average Bonchev–Trinajstić information content (AvgIpc) is 3.00. The summed E-state index contributed by atoms with van der Waals surface area (Å²) in [6.07, 6.45) is 0.512. The van der Waals surface area contributed by atoms with E-state index in [0.717, 1.165) is 21.8 Å². The molecule has 0 fully saturated rings. The number of carboxylic acid groups (broad SMARTS) is 1. The number of hydrogen-bond acceptors (Lipinski definition) is 8. The van der Waals surface area contributed by atoms with E-state index in [9.17, 15) is 23.1 Å². The second-order valence-electron chi connectivity index (χ2n) is 11.0. The molecule has 4 aromatic rings. The summed E-state index contributed by atoms with van der Waals surface area (Å²) in [5.74, 6) is -0.502. The molecule has 0 aliphatic carbocycles. The molecule has 2 heterocycles. The van der Waals surface area contributed by atoms with Crippen LogP contribution in [-0.2, 0) is 32.6 Å². The van der Waals surface area contributed by atoms with E-state index >= 15 is 0 Å². The number of ether oxygens (including phenoxy) is 2. The van der Waals surface area contributed by atoms with Crippen LogP contribution in [0.5, 0.6) is 5.75 Å². The minimum Gasteiger partial charge on any atom is -0.493 e. The molecule has 0 aliphatic heterocycles. The number of anilines is 1. The Kier molecular flexibility index (Phi) is 10.5. The third-order valence-electron chi connectivity index (χ3n) is 6.37. The maximum atomic E-state index is 13.8. The van der Waals surface area contributed by atoms with E-state index < -0.39 is 34.2 Å². The van der Waals surface area contributed by atoms with Gasteiger partial charge in [-0.05, 0) is 69.2 Å². The van der Waals surface area contributed by atoms with Crippen LogP contribution in [0.15, 0.2) is 96.2 Å². The van der Waals surface area contributed by atoms with Crippen molar-refractivity contribution in [2.75, 3.05) is 18.1 Å². The molecule has 2 aromatic carbocycles. The summed E-state index contributed by atoms with van der Waals surface area (Å²) in [6.45, 7) is 6.55. The van der Waals surface area contributed by atoms with Crippen molar-refractivity contribution in [3.63, 3.8) is 0 Å². The Labute approximate surface area is 263 Å². The van der Waals surface area contributed by atoms with E-state index in [1.54, 1.807) is 45.0 Å². The number of sulfonamides is 1. The largest absolute Gasteiger partial charge is 0.493 e. The first-order chi connectivity index (χ1) is 21.4. The van der Waals surface area contributed by atoms with Crippen molar-refractivity contribution in [1.29, 1.82) is 0 Å². The van der Waals surface area contributed by atoms with Gasteiger partial charge < -0.3 is 14.6 Å². The quantitative estimate of drug-likeness (QED) is 0.207. The zero-order chi connectivity index (χ0) is 32.6. The van der Waals surface area contributed by atoms with Gasteiger partial charge in [0.1, 0.15) is 23.7 Å². The van der Waals surface area contributed by atoms with Crippen LogP contribution in [0.2, 0.25) is 0 Å². The first-order valence-corrected chi connectivity index (χ1v) is 15.7. The number of carbonyl (C=O) groups is 2. The van der Waals surface area contributed by atoms with Crippen LogP contribution in [-0.4, -0.2) is 58.6 Å². The van der Waals surface area contributed by atoms with Gasteiger partial charge in [0.15, 0.2) is 5.03 Å². The number of aliphatic carboxylic acids is 1. The van der Waals surface area contributed by atoms with Gasteiger partial charge in [0.2, 0.25) is 0 Å². The minimum atomic E-state index is -4.10. The summed E-state index contributed by atoms with van der Waals surface area (Å²) < 4.78 is 40.1. The van der Waals surface area contributed by atoms with Crippen molar-refractivity contribution in [2.45, 2.75) is 51.4 Å². The number of carbonyl (C=O) groups excluding carboxylic acids is 1. The van der Waals surface area contributed by atoms with Crippen molar-refractivity contribution in [3.05, 3.63) is 102 Å². The molecule has 4 rings (SSSR count). The Balaban J connectivity index is 1.67. The first-order valence-electron chi connectivity index (χ1n) is 14.3. The second-order valence-corrected chi connectivity index (χ2v) is 12.9. The summed E-state index contributed by atoms with van der Waals surface area (Å²) >= 11 is 0. The number of carboxylic acids is 1. The highest BCUT2D eigenvalue weighted by molar-refractivity contribution is 7.89. The van der Waals surface area contributed by atoms with Gasteiger partial charge >= 0.3 is 12.1 Å². The molecule has 0 saturated carbocycles. The topological polar surface area (TPSA) is 139 Å². The Morgan fingerprint density at radius 2 is 1.60 bits per heavy atom. The number of benzene rings is 2.